The molecule has 3 heteroatoms. The Hall–Kier alpha value is -0.500. The van der Waals surface area contributed by atoms with Gasteiger partial charge in [-0.15, -0.1) is 0 Å². The number of rotatable bonds is 2. The Morgan fingerprint density at radius 1 is 1.14 bits per heavy atom. The fourth-order valence-corrected chi connectivity index (χ4v) is 2.59. The summed E-state index contributed by atoms with van der Waals surface area (Å²) in [5, 5.41) is 0.838. The first-order valence-electron chi connectivity index (χ1n) is 5.16. The average molecular weight is 216 g/mol. The van der Waals surface area contributed by atoms with Gasteiger partial charge in [-0.25, -0.2) is 9.13 Å². The van der Waals surface area contributed by atoms with Crippen molar-refractivity contribution in [2.24, 2.45) is 0 Å². The lowest BCUT2D eigenvalue weighted by Crippen LogP contribution is -2.39. The van der Waals surface area contributed by atoms with E-state index in [1.807, 2.05) is 0 Å². The summed E-state index contributed by atoms with van der Waals surface area (Å²) in [7, 11) is 0. The van der Waals surface area contributed by atoms with Crippen molar-refractivity contribution in [3.05, 3.63) is 16.7 Å². The van der Waals surface area contributed by atoms with Crippen LogP contribution in [0.3, 0.4) is 0 Å². The third kappa shape index (κ3) is 1.68. The van der Waals surface area contributed by atoms with Gasteiger partial charge in [-0.3, -0.25) is 0 Å². The molecule has 1 rings (SSSR count). The Bertz CT molecular complexity index is 306. The van der Waals surface area contributed by atoms with Crippen LogP contribution in [-0.2, 0) is 0 Å². The van der Waals surface area contributed by atoms with Gasteiger partial charge in [0.15, 0.2) is 0 Å². The lowest BCUT2D eigenvalue weighted by Gasteiger charge is -2.04. The summed E-state index contributed by atoms with van der Waals surface area (Å²) in [5.74, 6) is 0. The number of halogens is 1. The summed E-state index contributed by atoms with van der Waals surface area (Å²) in [6.07, 6.45) is 0. The van der Waals surface area contributed by atoms with Crippen LogP contribution in [0.15, 0.2) is 0 Å². The Morgan fingerprint density at radius 2 is 1.64 bits per heavy atom. The molecule has 0 bridgehead atoms. The van der Waals surface area contributed by atoms with E-state index in [-0.39, 0.29) is 0 Å². The second-order valence-corrected chi connectivity index (χ2v) is 4.71. The van der Waals surface area contributed by atoms with E-state index in [2.05, 4.69) is 50.7 Å². The monoisotopic (exact) mass is 215 g/mol. The Balaban J connectivity index is 3.41. The molecule has 14 heavy (non-hydrogen) atoms. The molecule has 1 aromatic heterocycles. The lowest BCUT2D eigenvalue weighted by atomic mass is 10.3. The van der Waals surface area contributed by atoms with Gasteiger partial charge in [0.25, 0.3) is 0 Å². The van der Waals surface area contributed by atoms with Crippen LogP contribution in [0.1, 0.15) is 51.2 Å². The predicted octanol–water partition coefficient (Wildman–Crippen LogP) is 3.21. The van der Waals surface area contributed by atoms with E-state index >= 15 is 0 Å². The van der Waals surface area contributed by atoms with Crippen LogP contribution < -0.4 is 4.57 Å². The first-order valence-corrected chi connectivity index (χ1v) is 5.54. The normalized spacial score (nSPS) is 11.8. The number of imidazole rings is 1. The van der Waals surface area contributed by atoms with Crippen LogP contribution in [0.25, 0.3) is 0 Å². The van der Waals surface area contributed by atoms with Crippen LogP contribution in [0.5, 0.6) is 0 Å². The van der Waals surface area contributed by atoms with Crippen LogP contribution in [-0.4, -0.2) is 4.57 Å². The summed E-state index contributed by atoms with van der Waals surface area (Å²) in [6, 6.07) is 0.836. The third-order valence-electron chi connectivity index (χ3n) is 2.68. The number of aromatic nitrogens is 2. The highest BCUT2D eigenvalue weighted by Crippen LogP contribution is 2.20. The number of nitrogens with zero attached hydrogens (tertiary/aromatic N) is 2. The minimum atomic E-state index is 0.418. The van der Waals surface area contributed by atoms with Gasteiger partial charge in [-0.05, 0) is 27.7 Å². The molecule has 1 heterocycles. The second kappa shape index (κ2) is 3.93. The zero-order chi connectivity index (χ0) is 11.0. The highest BCUT2D eigenvalue weighted by Gasteiger charge is 2.27. The van der Waals surface area contributed by atoms with Crippen LogP contribution in [0.4, 0.5) is 0 Å². The molecule has 2 nitrogen and oxygen atoms in total. The summed E-state index contributed by atoms with van der Waals surface area (Å²) in [6.45, 7) is 12.9. The van der Waals surface area contributed by atoms with Crippen molar-refractivity contribution in [2.75, 3.05) is 0 Å². The molecular weight excluding hydrogens is 196 g/mol. The van der Waals surface area contributed by atoms with Crippen LogP contribution >= 0.6 is 11.6 Å². The summed E-state index contributed by atoms with van der Waals surface area (Å²) >= 11 is 6.35. The van der Waals surface area contributed by atoms with E-state index in [4.69, 9.17) is 11.6 Å². The molecule has 1 aromatic rings. The Labute approximate surface area is 91.5 Å². The van der Waals surface area contributed by atoms with Crippen molar-refractivity contribution in [1.82, 2.24) is 4.57 Å². The maximum atomic E-state index is 6.35. The van der Waals surface area contributed by atoms with Crippen molar-refractivity contribution in [3.63, 3.8) is 0 Å². The third-order valence-corrected chi connectivity index (χ3v) is 3.04. The van der Waals surface area contributed by atoms with Gasteiger partial charge in [-0.1, -0.05) is 0 Å². The molecule has 0 N–H and O–H groups in total. The molecule has 0 radical (unpaired) electrons. The first kappa shape index (κ1) is 11.6. The molecule has 0 spiro atoms. The smallest absolute Gasteiger partial charge is 0.215 e. The SMILES string of the molecule is Cc1c(C)[n+](C(C)C)c(Cl)n1C(C)C. The van der Waals surface area contributed by atoms with E-state index in [1.165, 1.54) is 11.4 Å². The maximum Gasteiger partial charge on any atom is 0.355 e. The Kier molecular flexibility index (Phi) is 3.25. The van der Waals surface area contributed by atoms with E-state index in [0.29, 0.717) is 12.1 Å². The quantitative estimate of drug-likeness (QED) is 0.670. The summed E-state index contributed by atoms with van der Waals surface area (Å²) in [5.41, 5.74) is 2.53. The second-order valence-electron chi connectivity index (χ2n) is 4.37. The predicted molar refractivity (Wildman–Crippen MR) is 59.9 cm³/mol. The molecule has 0 unspecified atom stereocenters. The molecule has 0 aliphatic heterocycles. The van der Waals surface area contributed by atoms with Crippen molar-refractivity contribution in [2.45, 2.75) is 53.6 Å². The molecule has 0 aromatic carbocycles. The highest BCUT2D eigenvalue weighted by atomic mass is 35.5. The molecule has 0 aliphatic rings. The van der Waals surface area contributed by atoms with E-state index in [0.717, 1.165) is 5.28 Å². The van der Waals surface area contributed by atoms with Crippen LogP contribution in [0, 0.1) is 13.8 Å². The molecule has 0 atom stereocenters. The standard InChI is InChI=1S/C11H20ClN2/c1-7(2)13-9(5)10(6)14(8(3)4)11(13)12/h7-8H,1-6H3/q+1. The largest absolute Gasteiger partial charge is 0.355 e. The van der Waals surface area contributed by atoms with Crippen molar-refractivity contribution < 1.29 is 4.57 Å². The fourth-order valence-electron chi connectivity index (χ4n) is 1.94. The average Bonchev–Trinajstić information content (AvgIpc) is 2.23. The number of hydrogen-bond acceptors (Lipinski definition) is 0. The highest BCUT2D eigenvalue weighted by molar-refractivity contribution is 6.27. The summed E-state index contributed by atoms with van der Waals surface area (Å²) in [4.78, 5) is 0. The molecule has 0 saturated carbocycles. The molecule has 80 valence electrons. The van der Waals surface area contributed by atoms with Gasteiger partial charge in [-0.2, -0.15) is 0 Å². The van der Waals surface area contributed by atoms with E-state index < -0.39 is 0 Å². The number of hydrogen-bond donors (Lipinski definition) is 0. The maximum absolute atomic E-state index is 6.35. The molecule has 0 amide bonds. The van der Waals surface area contributed by atoms with Gasteiger partial charge in [0.2, 0.25) is 0 Å². The van der Waals surface area contributed by atoms with E-state index in [9.17, 15) is 0 Å². The van der Waals surface area contributed by atoms with Crippen molar-refractivity contribution >= 4 is 11.6 Å². The minimum absolute atomic E-state index is 0.418. The lowest BCUT2D eigenvalue weighted by molar-refractivity contribution is -0.719. The van der Waals surface area contributed by atoms with Crippen LogP contribution in [0.2, 0.25) is 5.28 Å². The molecule has 0 fully saturated rings. The first-order chi connectivity index (χ1) is 6.37. The van der Waals surface area contributed by atoms with Gasteiger partial charge in [0, 0.05) is 25.4 Å². The van der Waals surface area contributed by atoms with Crippen molar-refractivity contribution in [1.29, 1.82) is 0 Å². The minimum Gasteiger partial charge on any atom is -0.215 e. The molecule has 0 aliphatic carbocycles. The molecular formula is C11H20ClN2+. The zero-order valence-electron chi connectivity index (χ0n) is 9.93. The summed E-state index contributed by atoms with van der Waals surface area (Å²) < 4.78 is 4.35. The van der Waals surface area contributed by atoms with E-state index in [1.54, 1.807) is 0 Å². The molecule has 0 saturated heterocycles. The van der Waals surface area contributed by atoms with Crippen molar-refractivity contribution in [3.8, 4) is 0 Å². The Morgan fingerprint density at radius 3 is 1.86 bits per heavy atom. The van der Waals surface area contributed by atoms with Gasteiger partial charge in [0.05, 0.1) is 12.1 Å². The van der Waals surface area contributed by atoms with Gasteiger partial charge in [0.1, 0.15) is 11.4 Å². The van der Waals surface area contributed by atoms with Gasteiger partial charge >= 0.3 is 5.28 Å². The van der Waals surface area contributed by atoms with Gasteiger partial charge < -0.3 is 0 Å². The fraction of sp³-hybridized carbons (Fsp3) is 0.727. The topological polar surface area (TPSA) is 8.81 Å². The zero-order valence-corrected chi connectivity index (χ0v) is 10.7.